The van der Waals surface area contributed by atoms with Gasteiger partial charge in [0.2, 0.25) is 10.0 Å². The molecule has 3 aromatic rings. The van der Waals surface area contributed by atoms with E-state index in [2.05, 4.69) is 22.2 Å². The Morgan fingerprint density at radius 3 is 2.52 bits per heavy atom. The van der Waals surface area contributed by atoms with Gasteiger partial charge in [-0.3, -0.25) is 9.52 Å². The fourth-order valence-corrected chi connectivity index (χ4v) is 4.97. The molecule has 2 N–H and O–H groups in total. The fraction of sp³-hybridized carbons (Fsp3) is 0.150. The van der Waals surface area contributed by atoms with Gasteiger partial charge in [-0.15, -0.1) is 11.3 Å². The van der Waals surface area contributed by atoms with Crippen molar-refractivity contribution in [3.8, 4) is 10.4 Å². The Bertz CT molecular complexity index is 1130. The van der Waals surface area contributed by atoms with E-state index >= 15 is 0 Å². The van der Waals surface area contributed by atoms with Crippen LogP contribution in [-0.2, 0) is 22.9 Å². The van der Waals surface area contributed by atoms with Gasteiger partial charge in [0, 0.05) is 10.6 Å². The predicted octanol–water partition coefficient (Wildman–Crippen LogP) is 4.14. The van der Waals surface area contributed by atoms with Crippen LogP contribution in [0.3, 0.4) is 0 Å². The van der Waals surface area contributed by atoms with Crippen LogP contribution < -0.4 is 10.0 Å². The molecule has 0 bridgehead atoms. The number of thiophene rings is 1. The summed E-state index contributed by atoms with van der Waals surface area (Å²) in [5, 5.41) is 2.85. The zero-order chi connectivity index (χ0) is 19.0. The zero-order valence-electron chi connectivity index (χ0n) is 14.7. The summed E-state index contributed by atoms with van der Waals surface area (Å²) in [7, 11) is -3.37. The minimum atomic E-state index is -3.37. The van der Waals surface area contributed by atoms with Gasteiger partial charge in [0.05, 0.1) is 16.8 Å². The Labute approximate surface area is 162 Å². The van der Waals surface area contributed by atoms with Gasteiger partial charge in [-0.1, -0.05) is 30.3 Å². The first-order valence-corrected chi connectivity index (χ1v) is 11.2. The summed E-state index contributed by atoms with van der Waals surface area (Å²) >= 11 is 1.50. The van der Waals surface area contributed by atoms with E-state index in [0.717, 1.165) is 24.0 Å². The average molecular weight is 399 g/mol. The highest BCUT2D eigenvalue weighted by Gasteiger charge is 2.21. The minimum absolute atomic E-state index is 0.191. The van der Waals surface area contributed by atoms with Crippen molar-refractivity contribution < 1.29 is 13.2 Å². The Kier molecular flexibility index (Phi) is 4.49. The van der Waals surface area contributed by atoms with Crippen molar-refractivity contribution in [3.05, 3.63) is 70.6 Å². The van der Waals surface area contributed by atoms with E-state index in [1.54, 1.807) is 24.3 Å². The molecule has 0 fully saturated rings. The molecule has 1 aromatic heterocycles. The molecule has 7 heteroatoms. The van der Waals surface area contributed by atoms with Gasteiger partial charge < -0.3 is 5.32 Å². The van der Waals surface area contributed by atoms with Gasteiger partial charge in [0.25, 0.3) is 5.91 Å². The summed E-state index contributed by atoms with van der Waals surface area (Å²) in [5.74, 6) is -0.191. The van der Waals surface area contributed by atoms with Crippen LogP contribution in [0.5, 0.6) is 0 Å². The number of aryl methyl sites for hydroxylation is 2. The smallest absolute Gasteiger partial charge is 0.265 e. The highest BCUT2D eigenvalue weighted by molar-refractivity contribution is 7.92. The summed E-state index contributed by atoms with van der Waals surface area (Å²) < 4.78 is 25.2. The van der Waals surface area contributed by atoms with Gasteiger partial charge in [-0.05, 0) is 53.8 Å². The SMILES string of the molecule is CS(=O)(=O)Nc1cccc(NC(=O)c2cc3c(s2)-c2ccccc2CC3)c1. The number of hydrogen-bond acceptors (Lipinski definition) is 4. The standard InChI is InChI=1S/C20H18N2O3S2/c1-27(24,25)22-16-7-4-6-15(12-16)21-20(23)18-11-14-10-9-13-5-2-3-8-17(13)19(14)26-18/h2-8,11-12,22H,9-10H2,1H3,(H,21,23). The number of carbonyl (C=O) groups is 1. The predicted molar refractivity (Wildman–Crippen MR) is 110 cm³/mol. The monoisotopic (exact) mass is 398 g/mol. The second-order valence-corrected chi connectivity index (χ2v) is 9.33. The highest BCUT2D eigenvalue weighted by Crippen LogP contribution is 2.39. The molecule has 5 nitrogen and oxygen atoms in total. The molecular weight excluding hydrogens is 380 g/mol. The van der Waals surface area contributed by atoms with Gasteiger partial charge in [0.1, 0.15) is 0 Å². The first-order chi connectivity index (χ1) is 12.9. The van der Waals surface area contributed by atoms with E-state index in [9.17, 15) is 13.2 Å². The van der Waals surface area contributed by atoms with Crippen molar-refractivity contribution in [1.82, 2.24) is 0 Å². The van der Waals surface area contributed by atoms with Crippen molar-refractivity contribution in [2.75, 3.05) is 16.3 Å². The minimum Gasteiger partial charge on any atom is -0.321 e. The summed E-state index contributed by atoms with van der Waals surface area (Å²) in [6.07, 6.45) is 3.01. The zero-order valence-corrected chi connectivity index (χ0v) is 16.3. The van der Waals surface area contributed by atoms with Crippen LogP contribution in [0.4, 0.5) is 11.4 Å². The maximum atomic E-state index is 12.7. The normalized spacial score (nSPS) is 12.8. The Balaban J connectivity index is 1.57. The lowest BCUT2D eigenvalue weighted by molar-refractivity contribution is 0.103. The first-order valence-electron chi connectivity index (χ1n) is 8.49. The van der Waals surface area contributed by atoms with Crippen molar-refractivity contribution in [3.63, 3.8) is 0 Å². The van der Waals surface area contributed by atoms with Crippen LogP contribution in [0.25, 0.3) is 10.4 Å². The molecule has 0 saturated heterocycles. The second-order valence-electron chi connectivity index (χ2n) is 6.53. The van der Waals surface area contributed by atoms with Crippen LogP contribution in [0, 0.1) is 0 Å². The average Bonchev–Trinajstić information content (AvgIpc) is 3.05. The van der Waals surface area contributed by atoms with Crippen LogP contribution in [-0.4, -0.2) is 20.6 Å². The third-order valence-electron chi connectivity index (χ3n) is 4.38. The third kappa shape index (κ3) is 3.89. The van der Waals surface area contributed by atoms with Gasteiger partial charge in [-0.2, -0.15) is 0 Å². The number of hydrogen-bond donors (Lipinski definition) is 2. The molecule has 1 aliphatic rings. The number of carbonyl (C=O) groups excluding carboxylic acids is 1. The first kappa shape index (κ1) is 17.8. The molecule has 4 rings (SSSR count). The summed E-state index contributed by atoms with van der Waals surface area (Å²) in [4.78, 5) is 14.5. The molecule has 0 saturated carbocycles. The molecule has 2 aromatic carbocycles. The highest BCUT2D eigenvalue weighted by atomic mass is 32.2. The van der Waals surface area contributed by atoms with Crippen LogP contribution >= 0.6 is 11.3 Å². The largest absolute Gasteiger partial charge is 0.321 e. The lowest BCUT2D eigenvalue weighted by Gasteiger charge is -2.15. The topological polar surface area (TPSA) is 75.3 Å². The third-order valence-corrected chi connectivity index (χ3v) is 6.20. The van der Waals surface area contributed by atoms with Gasteiger partial charge in [0.15, 0.2) is 0 Å². The fourth-order valence-electron chi connectivity index (χ4n) is 3.25. The Morgan fingerprint density at radius 2 is 1.70 bits per heavy atom. The number of amides is 1. The second kappa shape index (κ2) is 6.83. The van der Waals surface area contributed by atoms with Gasteiger partial charge in [-0.25, -0.2) is 8.42 Å². The lowest BCUT2D eigenvalue weighted by atomic mass is 9.91. The molecule has 1 amide bonds. The Morgan fingerprint density at radius 1 is 0.963 bits per heavy atom. The molecule has 138 valence electrons. The van der Waals surface area contributed by atoms with E-state index in [-0.39, 0.29) is 5.91 Å². The number of rotatable bonds is 4. The molecule has 0 radical (unpaired) electrons. The van der Waals surface area contributed by atoms with E-state index in [1.807, 2.05) is 18.2 Å². The quantitative estimate of drug-likeness (QED) is 0.694. The van der Waals surface area contributed by atoms with Crippen LogP contribution in [0.15, 0.2) is 54.6 Å². The molecule has 1 heterocycles. The summed E-state index contributed by atoms with van der Waals surface area (Å²) in [6, 6.07) is 16.9. The van der Waals surface area contributed by atoms with Crippen molar-refractivity contribution in [1.29, 1.82) is 0 Å². The number of anilines is 2. The Hall–Kier alpha value is -2.64. The number of fused-ring (bicyclic) bond motifs is 3. The van der Waals surface area contributed by atoms with E-state index in [4.69, 9.17) is 0 Å². The van der Waals surface area contributed by atoms with Crippen molar-refractivity contribution >= 4 is 38.6 Å². The van der Waals surface area contributed by atoms with E-state index in [1.165, 1.54) is 28.0 Å². The summed E-state index contributed by atoms with van der Waals surface area (Å²) in [5.41, 5.74) is 4.69. The maximum absolute atomic E-state index is 12.7. The molecule has 0 atom stereocenters. The molecular formula is C20H18N2O3S2. The lowest BCUT2D eigenvalue weighted by Crippen LogP contribution is -2.12. The summed E-state index contributed by atoms with van der Waals surface area (Å²) in [6.45, 7) is 0. The molecule has 0 spiro atoms. The van der Waals surface area contributed by atoms with E-state index in [0.29, 0.717) is 16.3 Å². The number of sulfonamides is 1. The van der Waals surface area contributed by atoms with Gasteiger partial charge >= 0.3 is 0 Å². The molecule has 1 aliphatic carbocycles. The van der Waals surface area contributed by atoms with Crippen molar-refractivity contribution in [2.45, 2.75) is 12.8 Å². The molecule has 27 heavy (non-hydrogen) atoms. The number of benzene rings is 2. The maximum Gasteiger partial charge on any atom is 0.265 e. The number of nitrogens with one attached hydrogen (secondary N) is 2. The van der Waals surface area contributed by atoms with Crippen molar-refractivity contribution in [2.24, 2.45) is 0 Å². The molecule has 0 unspecified atom stereocenters. The van der Waals surface area contributed by atoms with Crippen LogP contribution in [0.2, 0.25) is 0 Å². The van der Waals surface area contributed by atoms with E-state index < -0.39 is 10.0 Å². The molecule has 0 aliphatic heterocycles. The van der Waals surface area contributed by atoms with Crippen LogP contribution in [0.1, 0.15) is 20.8 Å².